The number of carbonyl (C=O) groups is 1. The fourth-order valence-corrected chi connectivity index (χ4v) is 0.736. The molecule has 0 bridgehead atoms. The van der Waals surface area contributed by atoms with E-state index >= 15 is 0 Å². The Morgan fingerprint density at radius 1 is 1.54 bits per heavy atom. The van der Waals surface area contributed by atoms with Crippen molar-refractivity contribution < 1.29 is 9.18 Å². The molecule has 0 aromatic carbocycles. The molecule has 0 aliphatic rings. The lowest BCUT2D eigenvalue weighted by Crippen LogP contribution is -2.17. The number of hydrogen-bond acceptors (Lipinski definition) is 2. The van der Waals surface area contributed by atoms with E-state index in [0.29, 0.717) is 5.69 Å². The highest BCUT2D eigenvalue weighted by Crippen LogP contribution is 2.06. The second-order valence-electron chi connectivity index (χ2n) is 3.01. The van der Waals surface area contributed by atoms with E-state index in [2.05, 4.69) is 10.3 Å². The largest absolute Gasteiger partial charge is 0.325 e. The van der Waals surface area contributed by atoms with Gasteiger partial charge in [0.25, 0.3) is 0 Å². The van der Waals surface area contributed by atoms with Crippen LogP contribution < -0.4 is 5.32 Å². The Balaban J connectivity index is 2.65. The standard InChI is InChI=1S/C9H11FN2O/c1-6(2)9(13)12-7-3-4-8(10)11-5-7/h3-6H,1-2H3,(H,12,13). The molecule has 0 radical (unpaired) electrons. The molecular formula is C9H11FN2O. The molecule has 0 aliphatic heterocycles. The summed E-state index contributed by atoms with van der Waals surface area (Å²) in [5, 5.41) is 2.60. The van der Waals surface area contributed by atoms with E-state index in [9.17, 15) is 9.18 Å². The SMILES string of the molecule is CC(C)C(=O)Nc1ccc(F)nc1. The van der Waals surface area contributed by atoms with Gasteiger partial charge in [-0.25, -0.2) is 4.98 Å². The Morgan fingerprint density at radius 2 is 2.23 bits per heavy atom. The molecule has 13 heavy (non-hydrogen) atoms. The topological polar surface area (TPSA) is 42.0 Å². The molecule has 0 unspecified atom stereocenters. The van der Waals surface area contributed by atoms with Gasteiger partial charge in [-0.3, -0.25) is 4.79 Å². The lowest BCUT2D eigenvalue weighted by atomic mass is 10.2. The molecule has 1 rings (SSSR count). The molecule has 70 valence electrons. The molecule has 0 spiro atoms. The van der Waals surface area contributed by atoms with Crippen molar-refractivity contribution in [3.8, 4) is 0 Å². The van der Waals surface area contributed by atoms with Crippen molar-refractivity contribution in [3.63, 3.8) is 0 Å². The number of amides is 1. The quantitative estimate of drug-likeness (QED) is 0.709. The maximum absolute atomic E-state index is 12.4. The first-order valence-electron chi connectivity index (χ1n) is 4.02. The van der Waals surface area contributed by atoms with Crippen LogP contribution in [0.5, 0.6) is 0 Å². The summed E-state index contributed by atoms with van der Waals surface area (Å²) >= 11 is 0. The minimum Gasteiger partial charge on any atom is -0.325 e. The molecule has 1 aromatic heterocycles. The number of rotatable bonds is 2. The Morgan fingerprint density at radius 3 is 2.69 bits per heavy atom. The number of halogens is 1. The van der Waals surface area contributed by atoms with Crippen molar-refractivity contribution >= 4 is 11.6 Å². The molecule has 4 heteroatoms. The van der Waals surface area contributed by atoms with Crippen LogP contribution in [0.3, 0.4) is 0 Å². The number of aromatic nitrogens is 1. The summed E-state index contributed by atoms with van der Waals surface area (Å²) in [7, 11) is 0. The summed E-state index contributed by atoms with van der Waals surface area (Å²) in [5.41, 5.74) is 0.514. The zero-order valence-electron chi connectivity index (χ0n) is 7.54. The van der Waals surface area contributed by atoms with Crippen LogP contribution in [0.15, 0.2) is 18.3 Å². The highest BCUT2D eigenvalue weighted by atomic mass is 19.1. The molecule has 0 fully saturated rings. The van der Waals surface area contributed by atoms with Crippen LogP contribution in [-0.4, -0.2) is 10.9 Å². The lowest BCUT2D eigenvalue weighted by molar-refractivity contribution is -0.118. The van der Waals surface area contributed by atoms with Crippen molar-refractivity contribution in [3.05, 3.63) is 24.3 Å². The van der Waals surface area contributed by atoms with Gasteiger partial charge in [-0.15, -0.1) is 0 Å². The Bertz CT molecular complexity index is 295. The van der Waals surface area contributed by atoms with E-state index in [1.807, 2.05) is 0 Å². The maximum atomic E-state index is 12.4. The molecule has 0 saturated heterocycles. The summed E-state index contributed by atoms with van der Waals surface area (Å²) in [6.07, 6.45) is 1.29. The Hall–Kier alpha value is -1.45. The first kappa shape index (κ1) is 9.64. The van der Waals surface area contributed by atoms with Gasteiger partial charge in [0.2, 0.25) is 11.9 Å². The van der Waals surface area contributed by atoms with E-state index in [1.54, 1.807) is 13.8 Å². The number of nitrogens with zero attached hydrogens (tertiary/aromatic N) is 1. The Kier molecular flexibility index (Phi) is 2.95. The fourth-order valence-electron chi connectivity index (χ4n) is 0.736. The fraction of sp³-hybridized carbons (Fsp3) is 0.333. The van der Waals surface area contributed by atoms with Crippen LogP contribution in [0.25, 0.3) is 0 Å². The second kappa shape index (κ2) is 3.98. The zero-order valence-corrected chi connectivity index (χ0v) is 7.54. The molecule has 1 N–H and O–H groups in total. The minimum absolute atomic E-state index is 0.0925. The van der Waals surface area contributed by atoms with E-state index < -0.39 is 5.95 Å². The van der Waals surface area contributed by atoms with Crippen molar-refractivity contribution in [1.29, 1.82) is 0 Å². The number of anilines is 1. The predicted octanol–water partition coefficient (Wildman–Crippen LogP) is 1.82. The van der Waals surface area contributed by atoms with Gasteiger partial charge in [0.15, 0.2) is 0 Å². The van der Waals surface area contributed by atoms with Gasteiger partial charge in [0.05, 0.1) is 11.9 Å². The third kappa shape index (κ3) is 2.82. The molecule has 1 amide bonds. The summed E-state index contributed by atoms with van der Waals surface area (Å²) in [6.45, 7) is 3.57. The van der Waals surface area contributed by atoms with Crippen molar-refractivity contribution in [1.82, 2.24) is 4.98 Å². The molecule has 1 aromatic rings. The van der Waals surface area contributed by atoms with E-state index in [0.717, 1.165) is 0 Å². The van der Waals surface area contributed by atoms with Crippen LogP contribution in [-0.2, 0) is 4.79 Å². The average Bonchev–Trinajstić information content (AvgIpc) is 2.08. The van der Waals surface area contributed by atoms with Crippen molar-refractivity contribution in [2.24, 2.45) is 5.92 Å². The van der Waals surface area contributed by atoms with Crippen LogP contribution in [0.2, 0.25) is 0 Å². The van der Waals surface area contributed by atoms with Crippen molar-refractivity contribution in [2.75, 3.05) is 5.32 Å². The van der Waals surface area contributed by atoms with Crippen LogP contribution in [0.1, 0.15) is 13.8 Å². The minimum atomic E-state index is -0.553. The Labute approximate surface area is 76.0 Å². The van der Waals surface area contributed by atoms with Crippen LogP contribution >= 0.6 is 0 Å². The highest BCUT2D eigenvalue weighted by Gasteiger charge is 2.06. The van der Waals surface area contributed by atoms with Gasteiger partial charge in [-0.05, 0) is 12.1 Å². The zero-order chi connectivity index (χ0) is 9.84. The van der Waals surface area contributed by atoms with Gasteiger partial charge in [-0.2, -0.15) is 4.39 Å². The van der Waals surface area contributed by atoms with Crippen LogP contribution in [0, 0.1) is 11.9 Å². The summed E-state index contributed by atoms with van der Waals surface area (Å²) in [6, 6.07) is 2.68. The number of carbonyl (C=O) groups excluding carboxylic acids is 1. The van der Waals surface area contributed by atoms with Gasteiger partial charge in [-0.1, -0.05) is 13.8 Å². The molecule has 3 nitrogen and oxygen atoms in total. The van der Waals surface area contributed by atoms with Gasteiger partial charge in [0.1, 0.15) is 0 Å². The normalized spacial score (nSPS) is 10.2. The third-order valence-electron chi connectivity index (χ3n) is 1.52. The number of hydrogen-bond donors (Lipinski definition) is 1. The molecular weight excluding hydrogens is 171 g/mol. The highest BCUT2D eigenvalue weighted by molar-refractivity contribution is 5.91. The smallest absolute Gasteiger partial charge is 0.226 e. The molecule has 0 atom stereocenters. The number of nitrogens with one attached hydrogen (secondary N) is 1. The first-order chi connectivity index (χ1) is 6.09. The average molecular weight is 182 g/mol. The first-order valence-corrected chi connectivity index (χ1v) is 4.02. The molecule has 0 saturated carbocycles. The monoisotopic (exact) mass is 182 g/mol. The maximum Gasteiger partial charge on any atom is 0.226 e. The van der Waals surface area contributed by atoms with E-state index in [1.165, 1.54) is 18.3 Å². The van der Waals surface area contributed by atoms with Gasteiger partial charge in [0, 0.05) is 5.92 Å². The van der Waals surface area contributed by atoms with E-state index in [-0.39, 0.29) is 11.8 Å². The molecule has 1 heterocycles. The van der Waals surface area contributed by atoms with E-state index in [4.69, 9.17) is 0 Å². The summed E-state index contributed by atoms with van der Waals surface area (Å²) in [5.74, 6) is -0.749. The number of pyridine rings is 1. The predicted molar refractivity (Wildman–Crippen MR) is 47.7 cm³/mol. The molecule has 0 aliphatic carbocycles. The van der Waals surface area contributed by atoms with Crippen molar-refractivity contribution in [2.45, 2.75) is 13.8 Å². The lowest BCUT2D eigenvalue weighted by Gasteiger charge is -2.06. The summed E-state index contributed by atoms with van der Waals surface area (Å²) in [4.78, 5) is 14.6. The van der Waals surface area contributed by atoms with Gasteiger partial charge >= 0.3 is 0 Å². The van der Waals surface area contributed by atoms with Crippen LogP contribution in [0.4, 0.5) is 10.1 Å². The third-order valence-corrected chi connectivity index (χ3v) is 1.52. The second-order valence-corrected chi connectivity index (χ2v) is 3.01. The summed E-state index contributed by atoms with van der Waals surface area (Å²) < 4.78 is 12.4. The van der Waals surface area contributed by atoms with Gasteiger partial charge < -0.3 is 5.32 Å².